The van der Waals surface area contributed by atoms with Crippen LogP contribution in [0.15, 0.2) is 97.1 Å². The molecule has 0 saturated heterocycles. The number of ether oxygens (including phenoxy) is 3. The normalized spacial score (nSPS) is 17.3. The fourth-order valence-corrected chi connectivity index (χ4v) is 6.28. The molecule has 226 valence electrons. The van der Waals surface area contributed by atoms with Crippen LogP contribution in [-0.4, -0.2) is 25.2 Å². The number of carbonyl (C=O) groups is 2. The Hall–Kier alpha value is -4.58. The van der Waals surface area contributed by atoms with Crippen LogP contribution in [0.3, 0.4) is 0 Å². The number of nitrogens with one attached hydrogen (secondary N) is 1. The van der Waals surface area contributed by atoms with Gasteiger partial charge in [0.2, 0.25) is 0 Å². The van der Waals surface area contributed by atoms with Gasteiger partial charge in [0, 0.05) is 12.5 Å². The van der Waals surface area contributed by atoms with Crippen molar-refractivity contribution < 1.29 is 23.8 Å². The zero-order chi connectivity index (χ0) is 30.3. The van der Waals surface area contributed by atoms with E-state index < -0.39 is 0 Å². The summed E-state index contributed by atoms with van der Waals surface area (Å²) in [6.45, 7) is 3.69. The van der Waals surface area contributed by atoms with Gasteiger partial charge in [0.1, 0.15) is 25.6 Å². The number of esters is 1. The first-order chi connectivity index (χ1) is 21.5. The Bertz CT molecular complexity index is 1530. The lowest BCUT2D eigenvalue weighted by Gasteiger charge is -2.27. The fraction of sp³-hybridized carbons (Fsp3) is 0.316. The molecule has 1 fully saturated rings. The van der Waals surface area contributed by atoms with Gasteiger partial charge in [-0.3, -0.25) is 4.79 Å². The molecule has 0 spiro atoms. The quantitative estimate of drug-likeness (QED) is 0.190. The Kier molecular flexibility index (Phi) is 9.25. The van der Waals surface area contributed by atoms with Crippen molar-refractivity contribution in [2.75, 3.05) is 13.2 Å². The van der Waals surface area contributed by atoms with Gasteiger partial charge in [-0.05, 0) is 84.0 Å². The Morgan fingerprint density at radius 2 is 1.30 bits per heavy atom. The maximum absolute atomic E-state index is 12.7. The molecule has 0 unspecified atom stereocenters. The Morgan fingerprint density at radius 1 is 0.705 bits per heavy atom. The average Bonchev–Trinajstić information content (AvgIpc) is 3.39. The molecule has 6 nitrogen and oxygen atoms in total. The van der Waals surface area contributed by atoms with E-state index in [1.165, 1.54) is 27.8 Å². The number of hydrogen-bond donors (Lipinski definition) is 1. The highest BCUT2D eigenvalue weighted by Crippen LogP contribution is 2.44. The minimum atomic E-state index is -0.389. The molecule has 0 bridgehead atoms. The van der Waals surface area contributed by atoms with E-state index in [2.05, 4.69) is 60.8 Å². The topological polar surface area (TPSA) is 73.9 Å². The molecule has 1 saturated carbocycles. The average molecular weight is 590 g/mol. The van der Waals surface area contributed by atoms with Crippen molar-refractivity contribution in [3.8, 4) is 16.9 Å². The summed E-state index contributed by atoms with van der Waals surface area (Å²) >= 11 is 0. The number of benzene rings is 4. The van der Waals surface area contributed by atoms with Crippen LogP contribution in [0.2, 0.25) is 0 Å². The summed E-state index contributed by atoms with van der Waals surface area (Å²) in [6.07, 6.45) is 2.89. The van der Waals surface area contributed by atoms with Gasteiger partial charge in [-0.2, -0.15) is 0 Å². The number of alkyl carbamates (subject to hydrolysis) is 1. The molecule has 0 heterocycles. The van der Waals surface area contributed by atoms with Gasteiger partial charge in [0.15, 0.2) is 0 Å². The third-order valence-electron chi connectivity index (χ3n) is 8.89. The molecule has 2 aliphatic rings. The van der Waals surface area contributed by atoms with Gasteiger partial charge in [0.25, 0.3) is 0 Å². The first-order valence-electron chi connectivity index (χ1n) is 15.6. The molecule has 0 aliphatic heterocycles. The fourth-order valence-electron chi connectivity index (χ4n) is 6.28. The number of aryl methyl sites for hydroxylation is 1. The van der Waals surface area contributed by atoms with Crippen LogP contribution < -0.4 is 10.1 Å². The molecule has 0 radical (unpaired) electrons. The second-order valence-corrected chi connectivity index (χ2v) is 12.0. The number of hydrogen-bond acceptors (Lipinski definition) is 5. The Morgan fingerprint density at radius 3 is 1.95 bits per heavy atom. The van der Waals surface area contributed by atoms with E-state index in [4.69, 9.17) is 14.2 Å². The molecule has 1 amide bonds. The minimum Gasteiger partial charge on any atom is -0.489 e. The highest BCUT2D eigenvalue weighted by molar-refractivity contribution is 5.79. The van der Waals surface area contributed by atoms with Crippen LogP contribution in [0.5, 0.6) is 5.75 Å². The maximum atomic E-state index is 12.7. The second-order valence-electron chi connectivity index (χ2n) is 12.0. The lowest BCUT2D eigenvalue weighted by molar-refractivity contribution is -0.151. The van der Waals surface area contributed by atoms with Crippen LogP contribution in [-0.2, 0) is 27.5 Å². The largest absolute Gasteiger partial charge is 0.489 e. The molecule has 44 heavy (non-hydrogen) atoms. The van der Waals surface area contributed by atoms with Crippen molar-refractivity contribution in [3.05, 3.63) is 125 Å². The third-order valence-corrected chi connectivity index (χ3v) is 8.89. The first-order valence-corrected chi connectivity index (χ1v) is 15.6. The summed E-state index contributed by atoms with van der Waals surface area (Å²) in [7, 11) is 0. The van der Waals surface area contributed by atoms with Gasteiger partial charge in [-0.25, -0.2) is 4.79 Å². The molecule has 4 aromatic rings. The zero-order valence-corrected chi connectivity index (χ0v) is 25.2. The molecular weight excluding hydrogens is 550 g/mol. The SMILES string of the molecule is Cc1ccc(COc2ccc(COC(=O)C3CCC(CNC(=O)OCC4c5ccccc5-c5ccccc54)CC3)cc2)cc1. The molecule has 4 aromatic carbocycles. The van der Waals surface area contributed by atoms with Crippen molar-refractivity contribution in [2.45, 2.75) is 51.7 Å². The summed E-state index contributed by atoms with van der Waals surface area (Å²) in [4.78, 5) is 25.3. The van der Waals surface area contributed by atoms with Crippen LogP contribution in [0, 0.1) is 18.8 Å². The summed E-state index contributed by atoms with van der Waals surface area (Å²) < 4.78 is 17.2. The molecule has 0 atom stereocenters. The van der Waals surface area contributed by atoms with Crippen molar-refractivity contribution in [3.63, 3.8) is 0 Å². The lowest BCUT2D eigenvalue weighted by atomic mass is 9.82. The summed E-state index contributed by atoms with van der Waals surface area (Å²) in [5.74, 6) is 0.910. The van der Waals surface area contributed by atoms with Crippen LogP contribution >= 0.6 is 0 Å². The highest BCUT2D eigenvalue weighted by Gasteiger charge is 2.30. The smallest absolute Gasteiger partial charge is 0.407 e. The molecule has 1 N–H and O–H groups in total. The standard InChI is InChI=1S/C38H39NO5/c1-26-10-12-28(13-11-26)23-42-31-20-16-29(17-21-31)24-43-37(40)30-18-14-27(15-19-30)22-39-38(41)44-25-36-34-8-4-2-6-32(34)33-7-3-5-9-35(33)36/h2-13,16-17,20-21,27,30,36H,14-15,18-19,22-25H2,1H3,(H,39,41). The van der Waals surface area contributed by atoms with E-state index in [1.54, 1.807) is 0 Å². The van der Waals surface area contributed by atoms with Gasteiger partial charge in [0.05, 0.1) is 5.92 Å². The van der Waals surface area contributed by atoms with E-state index >= 15 is 0 Å². The first kappa shape index (κ1) is 29.5. The molecule has 2 aliphatic carbocycles. The number of amides is 1. The van der Waals surface area contributed by atoms with Gasteiger partial charge >= 0.3 is 12.1 Å². The predicted molar refractivity (Wildman–Crippen MR) is 170 cm³/mol. The molecule has 0 aromatic heterocycles. The summed E-state index contributed by atoms with van der Waals surface area (Å²) in [5, 5.41) is 2.95. The Labute approximate surface area is 259 Å². The van der Waals surface area contributed by atoms with Crippen LogP contribution in [0.25, 0.3) is 11.1 Å². The second kappa shape index (κ2) is 13.8. The van der Waals surface area contributed by atoms with Gasteiger partial charge < -0.3 is 19.5 Å². The third kappa shape index (κ3) is 7.13. The summed E-state index contributed by atoms with van der Waals surface area (Å²) in [6, 6.07) is 32.6. The van der Waals surface area contributed by atoms with Crippen LogP contribution in [0.1, 0.15) is 59.4 Å². The number of carbonyl (C=O) groups excluding carboxylic acids is 2. The van der Waals surface area contributed by atoms with Gasteiger partial charge in [-0.15, -0.1) is 0 Å². The Balaban J connectivity index is 0.882. The van der Waals surface area contributed by atoms with Crippen molar-refractivity contribution in [1.29, 1.82) is 0 Å². The van der Waals surface area contributed by atoms with Gasteiger partial charge in [-0.1, -0.05) is 90.5 Å². The van der Waals surface area contributed by atoms with Crippen LogP contribution in [0.4, 0.5) is 4.79 Å². The van der Waals surface area contributed by atoms with E-state index in [-0.39, 0.29) is 30.5 Å². The van der Waals surface area contributed by atoms with E-state index in [1.807, 2.05) is 48.5 Å². The monoisotopic (exact) mass is 589 g/mol. The van der Waals surface area contributed by atoms with Crippen molar-refractivity contribution >= 4 is 12.1 Å². The number of rotatable bonds is 10. The lowest BCUT2D eigenvalue weighted by Crippen LogP contribution is -2.33. The number of fused-ring (bicyclic) bond motifs is 3. The van der Waals surface area contributed by atoms with E-state index in [9.17, 15) is 9.59 Å². The molecule has 6 heteroatoms. The van der Waals surface area contributed by atoms with E-state index in [0.29, 0.717) is 25.7 Å². The van der Waals surface area contributed by atoms with Crippen molar-refractivity contribution in [1.82, 2.24) is 5.32 Å². The summed E-state index contributed by atoms with van der Waals surface area (Å²) in [5.41, 5.74) is 8.11. The minimum absolute atomic E-state index is 0.0462. The van der Waals surface area contributed by atoms with E-state index in [0.717, 1.165) is 42.6 Å². The predicted octanol–water partition coefficient (Wildman–Crippen LogP) is 7.96. The zero-order valence-electron chi connectivity index (χ0n) is 25.2. The molecular formula is C38H39NO5. The highest BCUT2D eigenvalue weighted by atomic mass is 16.5. The molecule has 6 rings (SSSR count). The maximum Gasteiger partial charge on any atom is 0.407 e. The van der Waals surface area contributed by atoms with Crippen molar-refractivity contribution in [2.24, 2.45) is 11.8 Å².